The van der Waals surface area contributed by atoms with Crippen molar-refractivity contribution in [1.82, 2.24) is 0 Å². The van der Waals surface area contributed by atoms with Crippen LogP contribution in [0, 0.1) is 24.1 Å². The van der Waals surface area contributed by atoms with Gasteiger partial charge in [-0.2, -0.15) is 0 Å². The zero-order valence-corrected chi connectivity index (χ0v) is 11.0. The predicted octanol–water partition coefficient (Wildman–Crippen LogP) is 3.78. The van der Waals surface area contributed by atoms with Gasteiger partial charge in [-0.3, -0.25) is 0 Å². The molecule has 0 spiro atoms. The van der Waals surface area contributed by atoms with Gasteiger partial charge in [0, 0.05) is 0 Å². The molecule has 1 aromatic carbocycles. The Balaban J connectivity index is 2.48. The minimum absolute atomic E-state index is 0.118. The maximum absolute atomic E-state index is 13.4. The third-order valence-corrected chi connectivity index (χ3v) is 4.09. The Labute approximate surface area is 103 Å². The van der Waals surface area contributed by atoms with Crippen LogP contribution in [-0.2, 0) is 5.60 Å². The first-order valence-electron chi connectivity index (χ1n) is 6.24. The smallest absolute Gasteiger partial charge is 0.123 e. The van der Waals surface area contributed by atoms with E-state index in [1.54, 1.807) is 6.07 Å². The minimum atomic E-state index is -0.879. The maximum atomic E-state index is 13.4. The van der Waals surface area contributed by atoms with Gasteiger partial charge in [0.25, 0.3) is 0 Å². The second kappa shape index (κ2) is 3.81. The van der Waals surface area contributed by atoms with E-state index in [-0.39, 0.29) is 17.2 Å². The molecule has 1 N–H and O–H groups in total. The molecule has 2 heteroatoms. The molecule has 17 heavy (non-hydrogen) atoms. The van der Waals surface area contributed by atoms with E-state index in [9.17, 15) is 9.50 Å². The first-order valence-corrected chi connectivity index (χ1v) is 6.24. The van der Waals surface area contributed by atoms with Crippen molar-refractivity contribution in [2.45, 2.75) is 46.1 Å². The lowest BCUT2D eigenvalue weighted by atomic mass is 9.81. The summed E-state index contributed by atoms with van der Waals surface area (Å²) in [7, 11) is 0. The van der Waals surface area contributed by atoms with Crippen LogP contribution in [0.5, 0.6) is 0 Å². The van der Waals surface area contributed by atoms with Crippen LogP contribution in [0.1, 0.15) is 44.7 Å². The van der Waals surface area contributed by atoms with Gasteiger partial charge in [-0.25, -0.2) is 4.39 Å². The van der Waals surface area contributed by atoms with E-state index in [1.807, 2.05) is 6.92 Å². The van der Waals surface area contributed by atoms with Crippen molar-refractivity contribution in [3.05, 3.63) is 35.1 Å². The second-order valence-electron chi connectivity index (χ2n) is 6.33. The third-order valence-electron chi connectivity index (χ3n) is 4.09. The fourth-order valence-electron chi connectivity index (χ4n) is 3.40. The van der Waals surface area contributed by atoms with Gasteiger partial charge < -0.3 is 5.11 Å². The zero-order chi connectivity index (χ0) is 12.8. The number of halogens is 1. The SMILES string of the molecule is Cc1ccc(F)cc1C1(O)CC(C)(C)CC1C. The quantitative estimate of drug-likeness (QED) is 0.786. The fraction of sp³-hybridized carbons (Fsp3) is 0.600. The first kappa shape index (κ1) is 12.6. The van der Waals surface area contributed by atoms with Gasteiger partial charge in [0.05, 0.1) is 5.60 Å². The lowest BCUT2D eigenvalue weighted by Crippen LogP contribution is -2.30. The highest BCUT2D eigenvalue weighted by Gasteiger charge is 2.49. The normalized spacial score (nSPS) is 31.8. The maximum Gasteiger partial charge on any atom is 0.123 e. The number of aliphatic hydroxyl groups is 1. The fourth-order valence-corrected chi connectivity index (χ4v) is 3.40. The molecular weight excluding hydrogens is 215 g/mol. The molecule has 2 rings (SSSR count). The van der Waals surface area contributed by atoms with E-state index in [4.69, 9.17) is 0 Å². The lowest BCUT2D eigenvalue weighted by Gasteiger charge is -2.30. The Hall–Kier alpha value is -0.890. The van der Waals surface area contributed by atoms with Crippen molar-refractivity contribution in [3.63, 3.8) is 0 Å². The Morgan fingerprint density at radius 1 is 1.35 bits per heavy atom. The number of rotatable bonds is 1. The Morgan fingerprint density at radius 3 is 2.53 bits per heavy atom. The molecule has 2 atom stereocenters. The summed E-state index contributed by atoms with van der Waals surface area (Å²) in [5.41, 5.74) is 0.969. The van der Waals surface area contributed by atoms with Crippen LogP contribution >= 0.6 is 0 Å². The standard InChI is InChI=1S/C15H21FO/c1-10-5-6-12(16)7-13(10)15(17)9-14(3,4)8-11(15)2/h5-7,11,17H,8-9H2,1-4H3. The van der Waals surface area contributed by atoms with E-state index in [0.717, 1.165) is 17.5 Å². The van der Waals surface area contributed by atoms with E-state index < -0.39 is 5.60 Å². The number of hydrogen-bond acceptors (Lipinski definition) is 1. The van der Waals surface area contributed by atoms with Crippen LogP contribution in [0.4, 0.5) is 4.39 Å². The summed E-state index contributed by atoms with van der Waals surface area (Å²) in [6, 6.07) is 4.70. The van der Waals surface area contributed by atoms with Gasteiger partial charge in [0.1, 0.15) is 5.82 Å². The number of hydrogen-bond donors (Lipinski definition) is 1. The van der Waals surface area contributed by atoms with Crippen LogP contribution in [0.3, 0.4) is 0 Å². The molecule has 1 aromatic rings. The van der Waals surface area contributed by atoms with E-state index in [2.05, 4.69) is 20.8 Å². The molecule has 94 valence electrons. The highest BCUT2D eigenvalue weighted by Crippen LogP contribution is 2.53. The van der Waals surface area contributed by atoms with Gasteiger partial charge in [0.15, 0.2) is 0 Å². The van der Waals surface area contributed by atoms with Gasteiger partial charge >= 0.3 is 0 Å². The van der Waals surface area contributed by atoms with Crippen LogP contribution in [0.2, 0.25) is 0 Å². The average Bonchev–Trinajstić information content (AvgIpc) is 2.40. The molecule has 0 bridgehead atoms. The Kier molecular flexibility index (Phi) is 2.81. The van der Waals surface area contributed by atoms with Crippen LogP contribution < -0.4 is 0 Å². The molecule has 0 aliphatic heterocycles. The van der Waals surface area contributed by atoms with Crippen molar-refractivity contribution in [2.24, 2.45) is 11.3 Å². The Morgan fingerprint density at radius 2 is 2.00 bits per heavy atom. The molecule has 1 saturated carbocycles. The highest BCUT2D eigenvalue weighted by molar-refractivity contribution is 5.34. The van der Waals surface area contributed by atoms with Crippen molar-refractivity contribution >= 4 is 0 Å². The van der Waals surface area contributed by atoms with Crippen molar-refractivity contribution in [3.8, 4) is 0 Å². The summed E-state index contributed by atoms with van der Waals surface area (Å²) in [5.74, 6) is -0.103. The topological polar surface area (TPSA) is 20.2 Å². The van der Waals surface area contributed by atoms with E-state index in [0.29, 0.717) is 6.42 Å². The predicted molar refractivity (Wildman–Crippen MR) is 67.2 cm³/mol. The highest BCUT2D eigenvalue weighted by atomic mass is 19.1. The van der Waals surface area contributed by atoms with Gasteiger partial charge in [-0.1, -0.05) is 26.8 Å². The molecule has 0 saturated heterocycles. The van der Waals surface area contributed by atoms with Crippen LogP contribution in [-0.4, -0.2) is 5.11 Å². The molecule has 1 aliphatic rings. The van der Waals surface area contributed by atoms with Crippen LogP contribution in [0.25, 0.3) is 0 Å². The van der Waals surface area contributed by atoms with Crippen molar-refractivity contribution < 1.29 is 9.50 Å². The second-order valence-corrected chi connectivity index (χ2v) is 6.33. The summed E-state index contributed by atoms with van der Waals surface area (Å²) in [6.45, 7) is 8.32. The molecule has 0 aromatic heterocycles. The minimum Gasteiger partial charge on any atom is -0.385 e. The van der Waals surface area contributed by atoms with Crippen LogP contribution in [0.15, 0.2) is 18.2 Å². The van der Waals surface area contributed by atoms with Gasteiger partial charge in [-0.15, -0.1) is 0 Å². The zero-order valence-electron chi connectivity index (χ0n) is 11.0. The lowest BCUT2D eigenvalue weighted by molar-refractivity contribution is -0.00168. The monoisotopic (exact) mass is 236 g/mol. The van der Waals surface area contributed by atoms with Crippen molar-refractivity contribution in [1.29, 1.82) is 0 Å². The summed E-state index contributed by atoms with van der Waals surface area (Å²) in [5, 5.41) is 10.9. The van der Waals surface area contributed by atoms with E-state index in [1.165, 1.54) is 12.1 Å². The average molecular weight is 236 g/mol. The Bertz CT molecular complexity index is 439. The summed E-state index contributed by atoms with van der Waals surface area (Å²) in [6.07, 6.45) is 1.67. The molecule has 2 unspecified atom stereocenters. The molecule has 0 radical (unpaired) electrons. The number of aryl methyl sites for hydroxylation is 1. The summed E-state index contributed by atoms with van der Waals surface area (Å²) < 4.78 is 13.4. The van der Waals surface area contributed by atoms with Gasteiger partial charge in [0.2, 0.25) is 0 Å². The van der Waals surface area contributed by atoms with Crippen molar-refractivity contribution in [2.75, 3.05) is 0 Å². The largest absolute Gasteiger partial charge is 0.385 e. The number of benzene rings is 1. The summed E-state index contributed by atoms with van der Waals surface area (Å²) in [4.78, 5) is 0. The molecule has 1 aliphatic carbocycles. The molecule has 1 nitrogen and oxygen atoms in total. The first-order chi connectivity index (χ1) is 7.74. The summed E-state index contributed by atoms with van der Waals surface area (Å²) >= 11 is 0. The third kappa shape index (κ3) is 2.11. The molecule has 1 fully saturated rings. The molecule has 0 heterocycles. The molecular formula is C15H21FO. The van der Waals surface area contributed by atoms with E-state index >= 15 is 0 Å². The molecule has 0 amide bonds. The van der Waals surface area contributed by atoms with Gasteiger partial charge in [-0.05, 0) is 54.4 Å².